The lowest BCUT2D eigenvalue weighted by Gasteiger charge is -2.20. The summed E-state index contributed by atoms with van der Waals surface area (Å²) in [5.41, 5.74) is 5.93. The molecule has 3 N–H and O–H groups in total. The predicted molar refractivity (Wildman–Crippen MR) is 45.4 cm³/mol. The van der Waals surface area contributed by atoms with E-state index in [0.717, 1.165) is 5.69 Å². The fourth-order valence-electron chi connectivity index (χ4n) is 0.891. The monoisotopic (exact) mass is 167 g/mol. The molecule has 0 saturated carbocycles. The molecule has 0 aliphatic rings. The number of nitrogens with two attached hydrogens (primary N) is 1. The summed E-state index contributed by atoms with van der Waals surface area (Å²) in [6.07, 6.45) is 5.41. The van der Waals surface area contributed by atoms with Crippen molar-refractivity contribution in [3.63, 3.8) is 0 Å². The maximum absolute atomic E-state index is 8.88. The molecule has 0 amide bonds. The Morgan fingerprint density at radius 2 is 2.33 bits per heavy atom. The van der Waals surface area contributed by atoms with Crippen molar-refractivity contribution < 1.29 is 5.11 Å². The van der Waals surface area contributed by atoms with Crippen molar-refractivity contribution in [2.75, 3.05) is 6.61 Å². The van der Waals surface area contributed by atoms with Crippen molar-refractivity contribution in [1.29, 1.82) is 0 Å². The van der Waals surface area contributed by atoms with Crippen LogP contribution in [0.2, 0.25) is 0 Å². The van der Waals surface area contributed by atoms with Crippen molar-refractivity contribution in [2.24, 2.45) is 5.73 Å². The Bertz CT molecular complexity index is 235. The molecule has 0 aliphatic carbocycles. The Balaban J connectivity index is 2.64. The zero-order chi connectivity index (χ0) is 9.03. The molecule has 0 aliphatic heterocycles. The summed E-state index contributed by atoms with van der Waals surface area (Å²) in [7, 11) is 0. The average molecular weight is 167 g/mol. The molecule has 0 fully saturated rings. The number of aliphatic hydroxyl groups is 1. The van der Waals surface area contributed by atoms with E-state index in [-0.39, 0.29) is 6.61 Å². The smallest absolute Gasteiger partial charge is 0.0612 e. The zero-order valence-electron chi connectivity index (χ0n) is 7.07. The van der Waals surface area contributed by atoms with Gasteiger partial charge in [-0.25, -0.2) is 0 Å². The fourth-order valence-corrected chi connectivity index (χ4v) is 0.891. The summed E-state index contributed by atoms with van der Waals surface area (Å²) in [6, 6.07) is 0. The van der Waals surface area contributed by atoms with Crippen LogP contribution in [-0.2, 0) is 6.42 Å². The number of nitrogens with zero attached hydrogens (tertiary/aromatic N) is 2. The maximum atomic E-state index is 8.88. The SMILES string of the molecule is CC(N)(CO)Cc1cnccn1. The molecule has 0 saturated heterocycles. The number of aliphatic hydroxyl groups excluding tert-OH is 1. The Morgan fingerprint density at radius 3 is 2.83 bits per heavy atom. The van der Waals surface area contributed by atoms with Crippen LogP contribution < -0.4 is 5.73 Å². The number of hydrogen-bond acceptors (Lipinski definition) is 4. The van der Waals surface area contributed by atoms with Gasteiger partial charge in [-0.1, -0.05) is 0 Å². The molecule has 0 aromatic carbocycles. The molecule has 4 nitrogen and oxygen atoms in total. The molecule has 0 spiro atoms. The molecule has 0 radical (unpaired) electrons. The molecular weight excluding hydrogens is 154 g/mol. The van der Waals surface area contributed by atoms with E-state index in [0.29, 0.717) is 6.42 Å². The minimum atomic E-state index is -0.601. The summed E-state index contributed by atoms with van der Waals surface area (Å²) in [4.78, 5) is 7.96. The second-order valence-corrected chi connectivity index (χ2v) is 3.19. The Morgan fingerprint density at radius 1 is 1.58 bits per heavy atom. The highest BCUT2D eigenvalue weighted by Gasteiger charge is 2.17. The predicted octanol–water partition coefficient (Wildman–Crippen LogP) is -0.271. The molecule has 12 heavy (non-hydrogen) atoms. The van der Waals surface area contributed by atoms with Gasteiger partial charge in [0, 0.05) is 30.6 Å². The van der Waals surface area contributed by atoms with E-state index in [1.165, 1.54) is 0 Å². The van der Waals surface area contributed by atoms with Crippen molar-refractivity contribution >= 4 is 0 Å². The van der Waals surface area contributed by atoms with Crippen molar-refractivity contribution in [3.05, 3.63) is 24.3 Å². The van der Waals surface area contributed by atoms with Gasteiger partial charge in [-0.15, -0.1) is 0 Å². The van der Waals surface area contributed by atoms with Crippen LogP contribution in [0.4, 0.5) is 0 Å². The third kappa shape index (κ3) is 2.56. The van der Waals surface area contributed by atoms with Crippen LogP contribution >= 0.6 is 0 Å². The van der Waals surface area contributed by atoms with Crippen LogP contribution in [-0.4, -0.2) is 27.2 Å². The first-order valence-electron chi connectivity index (χ1n) is 3.79. The third-order valence-corrected chi connectivity index (χ3v) is 1.56. The molecule has 1 heterocycles. The molecule has 0 bridgehead atoms. The van der Waals surface area contributed by atoms with Gasteiger partial charge in [0.25, 0.3) is 0 Å². The second kappa shape index (κ2) is 3.60. The minimum Gasteiger partial charge on any atom is -0.394 e. The Hall–Kier alpha value is -1.00. The van der Waals surface area contributed by atoms with Gasteiger partial charge in [0.2, 0.25) is 0 Å². The minimum absolute atomic E-state index is 0.0520. The summed E-state index contributed by atoms with van der Waals surface area (Å²) in [6.45, 7) is 1.73. The highest BCUT2D eigenvalue weighted by atomic mass is 16.3. The first kappa shape index (κ1) is 9.09. The lowest BCUT2D eigenvalue weighted by Crippen LogP contribution is -2.42. The van der Waals surface area contributed by atoms with Crippen molar-refractivity contribution in [3.8, 4) is 0 Å². The van der Waals surface area contributed by atoms with E-state index >= 15 is 0 Å². The standard InChI is InChI=1S/C8H13N3O/c1-8(9,6-12)4-7-5-10-2-3-11-7/h2-3,5,12H,4,6,9H2,1H3. The molecule has 1 atom stereocenters. The molecule has 1 rings (SSSR count). The normalized spacial score (nSPS) is 15.6. The van der Waals surface area contributed by atoms with Gasteiger partial charge >= 0.3 is 0 Å². The van der Waals surface area contributed by atoms with Crippen molar-refractivity contribution in [2.45, 2.75) is 18.9 Å². The number of rotatable bonds is 3. The van der Waals surface area contributed by atoms with E-state index < -0.39 is 5.54 Å². The van der Waals surface area contributed by atoms with Gasteiger partial charge < -0.3 is 10.8 Å². The summed E-state index contributed by atoms with van der Waals surface area (Å²) in [5.74, 6) is 0. The zero-order valence-corrected chi connectivity index (χ0v) is 7.07. The first-order chi connectivity index (χ1) is 5.64. The quantitative estimate of drug-likeness (QED) is 0.650. The van der Waals surface area contributed by atoms with E-state index in [1.807, 2.05) is 0 Å². The van der Waals surface area contributed by atoms with Gasteiger partial charge in [-0.05, 0) is 6.92 Å². The lowest BCUT2D eigenvalue weighted by atomic mass is 9.99. The lowest BCUT2D eigenvalue weighted by molar-refractivity contribution is 0.207. The van der Waals surface area contributed by atoms with Gasteiger partial charge in [-0.2, -0.15) is 0 Å². The van der Waals surface area contributed by atoms with Crippen LogP contribution in [0.1, 0.15) is 12.6 Å². The summed E-state index contributed by atoms with van der Waals surface area (Å²) in [5, 5.41) is 8.88. The van der Waals surface area contributed by atoms with E-state index in [4.69, 9.17) is 10.8 Å². The molecule has 1 aromatic rings. The van der Waals surface area contributed by atoms with Crippen LogP contribution in [0.25, 0.3) is 0 Å². The molecule has 66 valence electrons. The van der Waals surface area contributed by atoms with Crippen LogP contribution in [0, 0.1) is 0 Å². The van der Waals surface area contributed by atoms with Crippen LogP contribution in [0.3, 0.4) is 0 Å². The Kier molecular flexibility index (Phi) is 2.73. The third-order valence-electron chi connectivity index (χ3n) is 1.56. The molecule has 1 unspecified atom stereocenters. The Labute approximate surface area is 71.5 Å². The highest BCUT2D eigenvalue weighted by molar-refractivity contribution is 5.01. The largest absolute Gasteiger partial charge is 0.394 e. The van der Waals surface area contributed by atoms with E-state index in [9.17, 15) is 0 Å². The van der Waals surface area contributed by atoms with E-state index in [1.54, 1.807) is 25.5 Å². The summed E-state index contributed by atoms with van der Waals surface area (Å²) < 4.78 is 0. The van der Waals surface area contributed by atoms with E-state index in [2.05, 4.69) is 9.97 Å². The highest BCUT2D eigenvalue weighted by Crippen LogP contribution is 2.05. The molecule has 1 aromatic heterocycles. The second-order valence-electron chi connectivity index (χ2n) is 3.19. The van der Waals surface area contributed by atoms with Crippen molar-refractivity contribution in [1.82, 2.24) is 9.97 Å². The maximum Gasteiger partial charge on any atom is 0.0612 e. The first-order valence-corrected chi connectivity index (χ1v) is 3.79. The van der Waals surface area contributed by atoms with Gasteiger partial charge in [0.1, 0.15) is 0 Å². The van der Waals surface area contributed by atoms with Gasteiger partial charge in [0.05, 0.1) is 12.3 Å². The fraction of sp³-hybridized carbons (Fsp3) is 0.500. The van der Waals surface area contributed by atoms with Crippen LogP contribution in [0.5, 0.6) is 0 Å². The van der Waals surface area contributed by atoms with Gasteiger partial charge in [-0.3, -0.25) is 9.97 Å². The molecular formula is C8H13N3O. The van der Waals surface area contributed by atoms with Gasteiger partial charge in [0.15, 0.2) is 0 Å². The number of hydrogen-bond donors (Lipinski definition) is 2. The molecule has 4 heteroatoms. The topological polar surface area (TPSA) is 72.0 Å². The van der Waals surface area contributed by atoms with Crippen LogP contribution in [0.15, 0.2) is 18.6 Å². The number of aromatic nitrogens is 2. The average Bonchev–Trinajstić information content (AvgIpc) is 2.06. The summed E-state index contributed by atoms with van der Waals surface area (Å²) >= 11 is 0.